The normalized spacial score (nSPS) is 42.1. The molecule has 20 heavy (non-hydrogen) atoms. The molecule has 1 aromatic rings. The molecule has 0 aliphatic heterocycles. The molecule has 4 rings (SSSR count). The summed E-state index contributed by atoms with van der Waals surface area (Å²) in [5.74, 6) is 2.21. The van der Waals surface area contributed by atoms with Gasteiger partial charge in [-0.3, -0.25) is 0 Å². The number of fused-ring (bicyclic) bond motifs is 5. The van der Waals surface area contributed by atoms with Crippen LogP contribution < -0.4 is 0 Å². The molecule has 0 spiro atoms. The highest BCUT2D eigenvalue weighted by Gasteiger charge is 2.60. The van der Waals surface area contributed by atoms with Crippen LogP contribution in [-0.2, 0) is 6.42 Å². The van der Waals surface area contributed by atoms with Crippen LogP contribution in [0.15, 0.2) is 18.2 Å². The Morgan fingerprint density at radius 2 is 2.10 bits per heavy atom. The fraction of sp³-hybridized carbons (Fsp3) is 0.647. The molecule has 3 heteroatoms. The third kappa shape index (κ3) is 1.77. The molecule has 108 valence electrons. The van der Waals surface area contributed by atoms with Crippen molar-refractivity contribution in [2.45, 2.75) is 44.1 Å². The molecule has 3 saturated carbocycles. The Balaban J connectivity index is 1.61. The SMILES string of the molecule is OC1(Cc2cccc(Cl)c2F)CC2CC1C1CCCC21. The van der Waals surface area contributed by atoms with Gasteiger partial charge in [0.25, 0.3) is 0 Å². The lowest BCUT2D eigenvalue weighted by Crippen LogP contribution is -2.43. The summed E-state index contributed by atoms with van der Waals surface area (Å²) in [5, 5.41) is 11.2. The van der Waals surface area contributed by atoms with Crippen molar-refractivity contribution in [3.8, 4) is 0 Å². The predicted octanol–water partition coefficient (Wildman–Crippen LogP) is 4.21. The summed E-state index contributed by atoms with van der Waals surface area (Å²) in [6.07, 6.45) is 6.33. The molecule has 3 aliphatic carbocycles. The van der Waals surface area contributed by atoms with Gasteiger partial charge in [0.15, 0.2) is 0 Å². The summed E-state index contributed by atoms with van der Waals surface area (Å²) >= 11 is 5.86. The largest absolute Gasteiger partial charge is 0.389 e. The maximum absolute atomic E-state index is 14.1. The van der Waals surface area contributed by atoms with Gasteiger partial charge in [-0.05, 0) is 61.0 Å². The molecule has 3 aliphatic rings. The van der Waals surface area contributed by atoms with Gasteiger partial charge in [-0.15, -0.1) is 0 Å². The van der Waals surface area contributed by atoms with Crippen LogP contribution in [0.5, 0.6) is 0 Å². The number of benzene rings is 1. The molecule has 0 radical (unpaired) electrons. The van der Waals surface area contributed by atoms with Crippen LogP contribution in [0.3, 0.4) is 0 Å². The number of hydrogen-bond donors (Lipinski definition) is 1. The minimum atomic E-state index is -0.707. The molecule has 1 N–H and O–H groups in total. The summed E-state index contributed by atoms with van der Waals surface area (Å²) in [4.78, 5) is 0. The van der Waals surface area contributed by atoms with Gasteiger partial charge < -0.3 is 5.11 Å². The van der Waals surface area contributed by atoms with Crippen LogP contribution in [0.2, 0.25) is 5.02 Å². The zero-order chi connectivity index (χ0) is 13.9. The zero-order valence-electron chi connectivity index (χ0n) is 11.5. The molecular weight excluding hydrogens is 275 g/mol. The highest BCUT2D eigenvalue weighted by atomic mass is 35.5. The van der Waals surface area contributed by atoms with Crippen LogP contribution in [0.25, 0.3) is 0 Å². The smallest absolute Gasteiger partial charge is 0.145 e. The highest BCUT2D eigenvalue weighted by molar-refractivity contribution is 6.30. The molecule has 2 bridgehead atoms. The van der Waals surface area contributed by atoms with Crippen molar-refractivity contribution < 1.29 is 9.50 Å². The van der Waals surface area contributed by atoms with E-state index < -0.39 is 5.60 Å². The Bertz CT molecular complexity index is 546. The van der Waals surface area contributed by atoms with Gasteiger partial charge in [0, 0.05) is 6.42 Å². The summed E-state index contributed by atoms with van der Waals surface area (Å²) in [7, 11) is 0. The molecule has 5 unspecified atom stereocenters. The first kappa shape index (κ1) is 13.1. The number of hydrogen-bond acceptors (Lipinski definition) is 1. The number of halogens is 2. The second kappa shape index (κ2) is 4.45. The highest BCUT2D eigenvalue weighted by Crippen LogP contribution is 2.63. The van der Waals surface area contributed by atoms with E-state index in [1.165, 1.54) is 19.3 Å². The topological polar surface area (TPSA) is 20.2 Å². The molecule has 0 aromatic heterocycles. The first-order valence-corrected chi connectivity index (χ1v) is 8.11. The van der Waals surface area contributed by atoms with Crippen molar-refractivity contribution in [1.29, 1.82) is 0 Å². The summed E-state index contributed by atoms with van der Waals surface area (Å²) in [6.45, 7) is 0. The lowest BCUT2D eigenvalue weighted by Gasteiger charge is -2.39. The lowest BCUT2D eigenvalue weighted by molar-refractivity contribution is -0.0455. The Hall–Kier alpha value is -0.600. The summed E-state index contributed by atoms with van der Waals surface area (Å²) in [5.41, 5.74) is -0.135. The van der Waals surface area contributed by atoms with E-state index in [9.17, 15) is 9.50 Å². The van der Waals surface area contributed by atoms with Crippen LogP contribution in [-0.4, -0.2) is 10.7 Å². The van der Waals surface area contributed by atoms with E-state index in [1.807, 2.05) is 0 Å². The lowest BCUT2D eigenvalue weighted by atomic mass is 9.70. The molecule has 5 atom stereocenters. The average Bonchev–Trinajstić information content (AvgIpc) is 3.05. The quantitative estimate of drug-likeness (QED) is 0.866. The molecule has 1 aromatic carbocycles. The van der Waals surface area contributed by atoms with Gasteiger partial charge in [-0.2, -0.15) is 0 Å². The van der Waals surface area contributed by atoms with Gasteiger partial charge in [0.05, 0.1) is 10.6 Å². The number of rotatable bonds is 2. The summed E-state index contributed by atoms with van der Waals surface area (Å²) < 4.78 is 14.1. The van der Waals surface area contributed by atoms with Crippen molar-refractivity contribution in [2.75, 3.05) is 0 Å². The van der Waals surface area contributed by atoms with Crippen molar-refractivity contribution in [3.63, 3.8) is 0 Å². The van der Waals surface area contributed by atoms with Gasteiger partial charge in [0.1, 0.15) is 5.82 Å². The first-order chi connectivity index (χ1) is 9.58. The van der Waals surface area contributed by atoms with Crippen LogP contribution >= 0.6 is 11.6 Å². The number of aliphatic hydroxyl groups is 1. The second-order valence-electron chi connectivity index (χ2n) is 7.06. The van der Waals surface area contributed by atoms with E-state index >= 15 is 0 Å². The van der Waals surface area contributed by atoms with Gasteiger partial charge in [-0.25, -0.2) is 4.39 Å². The summed E-state index contributed by atoms with van der Waals surface area (Å²) in [6, 6.07) is 5.10. The van der Waals surface area contributed by atoms with E-state index in [4.69, 9.17) is 11.6 Å². The van der Waals surface area contributed by atoms with Gasteiger partial charge in [-0.1, -0.05) is 30.2 Å². The minimum Gasteiger partial charge on any atom is -0.389 e. The van der Waals surface area contributed by atoms with Crippen LogP contribution in [0, 0.1) is 29.5 Å². The van der Waals surface area contributed by atoms with Crippen LogP contribution in [0.4, 0.5) is 4.39 Å². The second-order valence-corrected chi connectivity index (χ2v) is 7.47. The van der Waals surface area contributed by atoms with Crippen molar-refractivity contribution in [1.82, 2.24) is 0 Å². The first-order valence-electron chi connectivity index (χ1n) is 7.74. The Labute approximate surface area is 124 Å². The minimum absolute atomic E-state index is 0.160. The maximum atomic E-state index is 14.1. The van der Waals surface area contributed by atoms with E-state index in [-0.39, 0.29) is 10.8 Å². The fourth-order valence-corrected chi connectivity index (χ4v) is 5.65. The molecule has 0 heterocycles. The molecule has 0 amide bonds. The van der Waals surface area contributed by atoms with Crippen LogP contribution in [0.1, 0.15) is 37.7 Å². The van der Waals surface area contributed by atoms with E-state index in [1.54, 1.807) is 18.2 Å². The molecular formula is C17H20ClFO. The zero-order valence-corrected chi connectivity index (χ0v) is 12.2. The Morgan fingerprint density at radius 3 is 2.95 bits per heavy atom. The molecule has 0 saturated heterocycles. The van der Waals surface area contributed by atoms with Crippen molar-refractivity contribution >= 4 is 11.6 Å². The standard InChI is InChI=1S/C17H20ClFO/c18-15-6-1-3-10(16(15)19)8-17(20)9-11-7-14(17)13-5-2-4-12(11)13/h1,3,6,11-14,20H,2,4-5,7-9H2. The van der Waals surface area contributed by atoms with E-state index in [0.29, 0.717) is 29.7 Å². The molecule has 1 nitrogen and oxygen atoms in total. The predicted molar refractivity (Wildman–Crippen MR) is 77.1 cm³/mol. The average molecular weight is 295 g/mol. The van der Waals surface area contributed by atoms with Gasteiger partial charge in [0.2, 0.25) is 0 Å². The van der Waals surface area contributed by atoms with E-state index in [2.05, 4.69) is 0 Å². The maximum Gasteiger partial charge on any atom is 0.145 e. The Kier molecular flexibility index (Phi) is 2.91. The van der Waals surface area contributed by atoms with E-state index in [0.717, 1.165) is 18.8 Å². The third-order valence-corrected chi connectivity index (χ3v) is 6.43. The van der Waals surface area contributed by atoms with Gasteiger partial charge >= 0.3 is 0 Å². The monoisotopic (exact) mass is 294 g/mol. The third-order valence-electron chi connectivity index (χ3n) is 6.14. The van der Waals surface area contributed by atoms with Crippen molar-refractivity contribution in [2.24, 2.45) is 23.7 Å². The van der Waals surface area contributed by atoms with Crippen molar-refractivity contribution in [3.05, 3.63) is 34.6 Å². The fourth-order valence-electron chi connectivity index (χ4n) is 5.45. The Morgan fingerprint density at radius 1 is 1.30 bits per heavy atom. The molecule has 3 fully saturated rings.